The third-order valence-corrected chi connectivity index (χ3v) is 4.66. The van der Waals surface area contributed by atoms with Crippen molar-refractivity contribution in [2.24, 2.45) is 0 Å². The van der Waals surface area contributed by atoms with E-state index in [-0.39, 0.29) is 0 Å². The van der Waals surface area contributed by atoms with Gasteiger partial charge in [-0.3, -0.25) is 4.90 Å². The summed E-state index contributed by atoms with van der Waals surface area (Å²) in [6.45, 7) is 2.91. The number of hydrogen-bond donors (Lipinski definition) is 0. The quantitative estimate of drug-likeness (QED) is 0.841. The fraction of sp³-hybridized carbons (Fsp3) is 0.500. The SMILES string of the molecule is CN(Cc1cncnc1)C1CN(c2cc3c(nn2)CCC3)C1. The molecular weight excluding hydrogens is 276 g/mol. The Balaban J connectivity index is 1.35. The monoisotopic (exact) mass is 296 g/mol. The molecule has 22 heavy (non-hydrogen) atoms. The minimum atomic E-state index is 0.551. The highest BCUT2D eigenvalue weighted by atomic mass is 15.4. The normalized spacial score (nSPS) is 17.6. The molecule has 1 saturated heterocycles. The minimum absolute atomic E-state index is 0.551. The molecule has 0 N–H and O–H groups in total. The van der Waals surface area contributed by atoms with E-state index >= 15 is 0 Å². The van der Waals surface area contributed by atoms with Gasteiger partial charge in [-0.25, -0.2) is 9.97 Å². The Labute approximate surface area is 130 Å². The second-order valence-electron chi connectivity index (χ2n) is 6.25. The van der Waals surface area contributed by atoms with Crippen LogP contribution in [0.4, 0.5) is 5.82 Å². The molecule has 0 spiro atoms. The Morgan fingerprint density at radius 1 is 1.18 bits per heavy atom. The highest BCUT2D eigenvalue weighted by Crippen LogP contribution is 2.26. The van der Waals surface area contributed by atoms with E-state index in [1.165, 1.54) is 17.7 Å². The van der Waals surface area contributed by atoms with Gasteiger partial charge in [-0.1, -0.05) is 0 Å². The molecule has 6 heteroatoms. The minimum Gasteiger partial charge on any atom is -0.352 e. The van der Waals surface area contributed by atoms with Crippen molar-refractivity contribution in [2.75, 3.05) is 25.0 Å². The fourth-order valence-corrected chi connectivity index (χ4v) is 3.22. The van der Waals surface area contributed by atoms with Crippen LogP contribution in [0.5, 0.6) is 0 Å². The molecule has 2 aromatic heterocycles. The molecule has 2 aromatic rings. The third kappa shape index (κ3) is 2.54. The van der Waals surface area contributed by atoms with Gasteiger partial charge >= 0.3 is 0 Å². The van der Waals surface area contributed by atoms with Crippen LogP contribution in [-0.2, 0) is 19.4 Å². The zero-order valence-corrected chi connectivity index (χ0v) is 12.8. The Kier molecular flexibility index (Phi) is 3.46. The van der Waals surface area contributed by atoms with Gasteiger partial charge in [0.25, 0.3) is 0 Å². The highest BCUT2D eigenvalue weighted by Gasteiger charge is 2.31. The van der Waals surface area contributed by atoms with E-state index < -0.39 is 0 Å². The summed E-state index contributed by atoms with van der Waals surface area (Å²) >= 11 is 0. The van der Waals surface area contributed by atoms with Gasteiger partial charge < -0.3 is 4.90 Å². The average molecular weight is 296 g/mol. The first kappa shape index (κ1) is 13.6. The summed E-state index contributed by atoms with van der Waals surface area (Å²) in [5.74, 6) is 1.04. The van der Waals surface area contributed by atoms with Crippen LogP contribution in [0.25, 0.3) is 0 Å². The number of aromatic nitrogens is 4. The molecule has 0 amide bonds. The summed E-state index contributed by atoms with van der Waals surface area (Å²) in [4.78, 5) is 12.8. The third-order valence-electron chi connectivity index (χ3n) is 4.66. The molecule has 0 atom stereocenters. The maximum atomic E-state index is 4.39. The van der Waals surface area contributed by atoms with Gasteiger partial charge in [0.2, 0.25) is 0 Å². The van der Waals surface area contributed by atoms with E-state index in [4.69, 9.17) is 0 Å². The molecule has 2 aliphatic rings. The van der Waals surface area contributed by atoms with Crippen molar-refractivity contribution in [1.29, 1.82) is 0 Å². The van der Waals surface area contributed by atoms with Crippen molar-refractivity contribution in [3.8, 4) is 0 Å². The van der Waals surface area contributed by atoms with Crippen LogP contribution >= 0.6 is 0 Å². The standard InChI is InChI=1S/C16H20N6/c1-21(8-12-6-17-11-18-7-12)14-9-22(10-14)16-5-13-3-2-4-15(13)19-20-16/h5-7,11,14H,2-4,8-10H2,1H3. The molecule has 1 fully saturated rings. The first-order valence-corrected chi connectivity index (χ1v) is 7.84. The maximum absolute atomic E-state index is 4.39. The highest BCUT2D eigenvalue weighted by molar-refractivity contribution is 5.45. The number of likely N-dealkylation sites (N-methyl/N-ethyl adjacent to an activating group) is 1. The smallest absolute Gasteiger partial charge is 0.151 e. The van der Waals surface area contributed by atoms with E-state index in [0.29, 0.717) is 6.04 Å². The summed E-state index contributed by atoms with van der Waals surface area (Å²) in [5.41, 5.74) is 3.74. The predicted molar refractivity (Wildman–Crippen MR) is 83.6 cm³/mol. The van der Waals surface area contributed by atoms with Gasteiger partial charge in [0.15, 0.2) is 5.82 Å². The summed E-state index contributed by atoms with van der Waals surface area (Å²) in [6, 6.07) is 2.78. The molecule has 0 radical (unpaired) electrons. The van der Waals surface area contributed by atoms with Crippen LogP contribution in [0.2, 0.25) is 0 Å². The van der Waals surface area contributed by atoms with Gasteiger partial charge in [-0.2, -0.15) is 5.10 Å². The molecule has 1 aliphatic heterocycles. The van der Waals surface area contributed by atoms with Crippen molar-refractivity contribution in [3.05, 3.63) is 41.6 Å². The molecule has 3 heterocycles. The van der Waals surface area contributed by atoms with Crippen molar-refractivity contribution in [1.82, 2.24) is 25.1 Å². The van der Waals surface area contributed by atoms with E-state index in [1.54, 1.807) is 6.33 Å². The number of rotatable bonds is 4. The van der Waals surface area contributed by atoms with Gasteiger partial charge in [-0.05, 0) is 37.9 Å². The molecule has 1 aliphatic carbocycles. The summed E-state index contributed by atoms with van der Waals surface area (Å²) in [7, 11) is 2.16. The lowest BCUT2D eigenvalue weighted by Gasteiger charge is -2.44. The molecule has 0 aromatic carbocycles. The lowest BCUT2D eigenvalue weighted by molar-refractivity contribution is 0.196. The summed E-state index contributed by atoms with van der Waals surface area (Å²) in [5, 5.41) is 8.77. The van der Waals surface area contributed by atoms with Crippen LogP contribution in [0.3, 0.4) is 0 Å². The molecule has 0 unspecified atom stereocenters. The Morgan fingerprint density at radius 2 is 2.00 bits per heavy atom. The molecule has 114 valence electrons. The molecule has 0 bridgehead atoms. The second-order valence-corrected chi connectivity index (χ2v) is 6.25. The molecule has 0 saturated carbocycles. The Bertz CT molecular complexity index is 653. The Hall–Kier alpha value is -2.08. The Morgan fingerprint density at radius 3 is 2.82 bits per heavy atom. The summed E-state index contributed by atoms with van der Waals surface area (Å²) in [6.07, 6.45) is 8.80. The number of aryl methyl sites for hydroxylation is 2. The lowest BCUT2D eigenvalue weighted by Crippen LogP contribution is -2.58. The van der Waals surface area contributed by atoms with Crippen LogP contribution < -0.4 is 4.90 Å². The maximum Gasteiger partial charge on any atom is 0.151 e. The van der Waals surface area contributed by atoms with E-state index in [0.717, 1.165) is 43.9 Å². The average Bonchev–Trinajstić information content (AvgIpc) is 2.94. The number of hydrogen-bond acceptors (Lipinski definition) is 6. The van der Waals surface area contributed by atoms with Crippen LogP contribution in [0, 0.1) is 0 Å². The van der Waals surface area contributed by atoms with Crippen LogP contribution in [0.15, 0.2) is 24.8 Å². The van der Waals surface area contributed by atoms with Crippen molar-refractivity contribution >= 4 is 5.82 Å². The largest absolute Gasteiger partial charge is 0.352 e. The van der Waals surface area contributed by atoms with Gasteiger partial charge in [-0.15, -0.1) is 5.10 Å². The first-order chi connectivity index (χ1) is 10.8. The fourth-order valence-electron chi connectivity index (χ4n) is 3.22. The van der Waals surface area contributed by atoms with Crippen LogP contribution in [-0.4, -0.2) is 51.2 Å². The lowest BCUT2D eigenvalue weighted by atomic mass is 10.1. The number of anilines is 1. The zero-order chi connectivity index (χ0) is 14.9. The zero-order valence-electron chi connectivity index (χ0n) is 12.8. The van der Waals surface area contributed by atoms with Gasteiger partial charge in [0.1, 0.15) is 6.33 Å². The van der Waals surface area contributed by atoms with Crippen molar-refractivity contribution in [3.63, 3.8) is 0 Å². The second kappa shape index (κ2) is 5.61. The number of fused-ring (bicyclic) bond motifs is 1. The first-order valence-electron chi connectivity index (χ1n) is 7.84. The molecule has 6 nitrogen and oxygen atoms in total. The predicted octanol–water partition coefficient (Wildman–Crippen LogP) is 1.08. The van der Waals surface area contributed by atoms with E-state index in [9.17, 15) is 0 Å². The molecule has 4 rings (SSSR count). The topological polar surface area (TPSA) is 58.0 Å². The molecular formula is C16H20N6. The summed E-state index contributed by atoms with van der Waals surface area (Å²) < 4.78 is 0. The van der Waals surface area contributed by atoms with Crippen molar-refractivity contribution < 1.29 is 0 Å². The van der Waals surface area contributed by atoms with E-state index in [2.05, 4.69) is 43.1 Å². The number of nitrogens with zero attached hydrogens (tertiary/aromatic N) is 6. The van der Waals surface area contributed by atoms with Gasteiger partial charge in [0.05, 0.1) is 5.69 Å². The van der Waals surface area contributed by atoms with Crippen molar-refractivity contribution in [2.45, 2.75) is 31.8 Å². The van der Waals surface area contributed by atoms with E-state index in [1.807, 2.05) is 12.4 Å². The van der Waals surface area contributed by atoms with Gasteiger partial charge in [0, 0.05) is 43.6 Å². The van der Waals surface area contributed by atoms with Crippen LogP contribution in [0.1, 0.15) is 23.2 Å².